The van der Waals surface area contributed by atoms with Crippen molar-refractivity contribution in [3.8, 4) is 0 Å². The fraction of sp³-hybridized carbons (Fsp3) is 0.579. The van der Waals surface area contributed by atoms with Crippen LogP contribution in [0, 0.1) is 11.8 Å². The van der Waals surface area contributed by atoms with Gasteiger partial charge >= 0.3 is 0 Å². The van der Waals surface area contributed by atoms with Gasteiger partial charge in [-0.1, -0.05) is 56.3 Å². The minimum absolute atomic E-state index is 0.163. The Kier molecular flexibility index (Phi) is 6.98. The second-order valence-corrected chi connectivity index (χ2v) is 6.12. The Bertz CT molecular complexity index is 415. The lowest BCUT2D eigenvalue weighted by molar-refractivity contribution is 0.0158. The molecular formula is C19H29NO. The predicted molar refractivity (Wildman–Crippen MR) is 89.3 cm³/mol. The van der Waals surface area contributed by atoms with Crippen molar-refractivity contribution in [2.45, 2.75) is 39.2 Å². The molecule has 1 aliphatic rings. The lowest BCUT2D eigenvalue weighted by Crippen LogP contribution is -2.27. The summed E-state index contributed by atoms with van der Waals surface area (Å²) >= 11 is 0. The SMILES string of the molecule is CCCNCC(OCC1CC=CCC1C)c1ccccc1. The highest BCUT2D eigenvalue weighted by atomic mass is 16.5. The van der Waals surface area contributed by atoms with Gasteiger partial charge in [0.05, 0.1) is 12.7 Å². The van der Waals surface area contributed by atoms with Crippen LogP contribution in [0.15, 0.2) is 42.5 Å². The Morgan fingerprint density at radius 3 is 2.67 bits per heavy atom. The van der Waals surface area contributed by atoms with Crippen molar-refractivity contribution in [1.82, 2.24) is 5.32 Å². The van der Waals surface area contributed by atoms with E-state index in [-0.39, 0.29) is 6.10 Å². The number of hydrogen-bond acceptors (Lipinski definition) is 2. The maximum atomic E-state index is 6.29. The zero-order valence-electron chi connectivity index (χ0n) is 13.4. The zero-order chi connectivity index (χ0) is 14.9. The summed E-state index contributed by atoms with van der Waals surface area (Å²) in [6.07, 6.45) is 8.28. The molecule has 0 aliphatic heterocycles. The van der Waals surface area contributed by atoms with Gasteiger partial charge in [0.2, 0.25) is 0 Å². The summed E-state index contributed by atoms with van der Waals surface area (Å²) in [6, 6.07) is 10.6. The van der Waals surface area contributed by atoms with Crippen LogP contribution in [0.5, 0.6) is 0 Å². The van der Waals surface area contributed by atoms with E-state index < -0.39 is 0 Å². The smallest absolute Gasteiger partial charge is 0.0949 e. The van der Waals surface area contributed by atoms with Gasteiger partial charge in [-0.05, 0) is 43.2 Å². The van der Waals surface area contributed by atoms with Crippen LogP contribution in [0.25, 0.3) is 0 Å². The topological polar surface area (TPSA) is 21.3 Å². The third-order valence-electron chi connectivity index (χ3n) is 4.36. The van der Waals surface area contributed by atoms with Crippen LogP contribution in [-0.4, -0.2) is 19.7 Å². The van der Waals surface area contributed by atoms with Gasteiger partial charge in [0.25, 0.3) is 0 Å². The average Bonchev–Trinajstić information content (AvgIpc) is 2.53. The first-order valence-corrected chi connectivity index (χ1v) is 8.33. The number of benzene rings is 1. The third-order valence-corrected chi connectivity index (χ3v) is 4.36. The predicted octanol–water partition coefficient (Wildman–Crippen LogP) is 4.35. The van der Waals surface area contributed by atoms with Gasteiger partial charge in [-0.2, -0.15) is 0 Å². The van der Waals surface area contributed by atoms with Gasteiger partial charge in [-0.25, -0.2) is 0 Å². The second kappa shape index (κ2) is 9.01. The molecule has 2 heteroatoms. The van der Waals surface area contributed by atoms with E-state index in [9.17, 15) is 0 Å². The molecule has 0 radical (unpaired) electrons. The number of hydrogen-bond donors (Lipinski definition) is 1. The normalized spacial score (nSPS) is 23.1. The van der Waals surface area contributed by atoms with E-state index in [0.29, 0.717) is 5.92 Å². The molecule has 21 heavy (non-hydrogen) atoms. The van der Waals surface area contributed by atoms with E-state index in [0.717, 1.165) is 38.5 Å². The van der Waals surface area contributed by atoms with Gasteiger partial charge in [0.1, 0.15) is 0 Å². The molecule has 0 saturated heterocycles. The molecule has 2 nitrogen and oxygen atoms in total. The molecule has 0 aromatic heterocycles. The Labute approximate surface area is 129 Å². The van der Waals surface area contributed by atoms with Crippen LogP contribution in [0.3, 0.4) is 0 Å². The van der Waals surface area contributed by atoms with E-state index in [1.165, 1.54) is 12.0 Å². The molecule has 3 unspecified atom stereocenters. The van der Waals surface area contributed by atoms with Crippen molar-refractivity contribution in [3.05, 3.63) is 48.0 Å². The molecule has 1 aromatic rings. The fourth-order valence-corrected chi connectivity index (χ4v) is 2.83. The van der Waals surface area contributed by atoms with Crippen molar-refractivity contribution in [1.29, 1.82) is 0 Å². The Morgan fingerprint density at radius 1 is 1.19 bits per heavy atom. The average molecular weight is 287 g/mol. The molecule has 1 aliphatic carbocycles. The molecule has 1 aromatic carbocycles. The molecule has 0 heterocycles. The van der Waals surface area contributed by atoms with Crippen molar-refractivity contribution in [2.75, 3.05) is 19.7 Å². The molecule has 0 bridgehead atoms. The standard InChI is InChI=1S/C19H29NO/c1-3-13-20-14-19(17-10-5-4-6-11-17)21-15-18-12-8-7-9-16(18)2/h4-8,10-11,16,18-20H,3,9,12-15H2,1-2H3. The fourth-order valence-electron chi connectivity index (χ4n) is 2.83. The van der Waals surface area contributed by atoms with Gasteiger partial charge in [-0.15, -0.1) is 0 Å². The summed E-state index contributed by atoms with van der Waals surface area (Å²) in [5, 5.41) is 3.49. The Morgan fingerprint density at radius 2 is 1.95 bits per heavy atom. The summed E-state index contributed by atoms with van der Waals surface area (Å²) in [5.41, 5.74) is 1.28. The largest absolute Gasteiger partial charge is 0.372 e. The highest BCUT2D eigenvalue weighted by Gasteiger charge is 2.21. The molecule has 1 N–H and O–H groups in total. The second-order valence-electron chi connectivity index (χ2n) is 6.12. The highest BCUT2D eigenvalue weighted by molar-refractivity contribution is 5.18. The lowest BCUT2D eigenvalue weighted by Gasteiger charge is -2.28. The maximum Gasteiger partial charge on any atom is 0.0949 e. The van der Waals surface area contributed by atoms with E-state index in [4.69, 9.17) is 4.74 Å². The van der Waals surface area contributed by atoms with Crippen molar-refractivity contribution < 1.29 is 4.74 Å². The molecule has 116 valence electrons. The quantitative estimate of drug-likeness (QED) is 0.567. The highest BCUT2D eigenvalue weighted by Crippen LogP contribution is 2.27. The van der Waals surface area contributed by atoms with Crippen LogP contribution < -0.4 is 5.32 Å². The molecule has 3 atom stereocenters. The minimum atomic E-state index is 0.163. The molecule has 0 spiro atoms. The molecule has 0 amide bonds. The van der Waals surface area contributed by atoms with Crippen molar-refractivity contribution in [2.24, 2.45) is 11.8 Å². The molecule has 0 fully saturated rings. The van der Waals surface area contributed by atoms with Crippen LogP contribution >= 0.6 is 0 Å². The van der Waals surface area contributed by atoms with E-state index in [1.807, 2.05) is 0 Å². The number of nitrogens with one attached hydrogen (secondary N) is 1. The summed E-state index contributed by atoms with van der Waals surface area (Å²) < 4.78 is 6.29. The van der Waals surface area contributed by atoms with E-state index in [2.05, 4.69) is 61.6 Å². The van der Waals surface area contributed by atoms with Crippen LogP contribution in [-0.2, 0) is 4.74 Å². The van der Waals surface area contributed by atoms with Crippen molar-refractivity contribution >= 4 is 0 Å². The third kappa shape index (κ3) is 5.29. The molecule has 2 rings (SSSR count). The summed E-state index contributed by atoms with van der Waals surface area (Å²) in [5.74, 6) is 1.39. The zero-order valence-corrected chi connectivity index (χ0v) is 13.4. The number of allylic oxidation sites excluding steroid dienone is 2. The van der Waals surface area contributed by atoms with E-state index >= 15 is 0 Å². The van der Waals surface area contributed by atoms with Gasteiger partial charge in [0, 0.05) is 6.54 Å². The van der Waals surface area contributed by atoms with Crippen LogP contribution in [0.4, 0.5) is 0 Å². The molecule has 0 saturated carbocycles. The van der Waals surface area contributed by atoms with Crippen LogP contribution in [0.2, 0.25) is 0 Å². The first kappa shape index (κ1) is 16.3. The van der Waals surface area contributed by atoms with Gasteiger partial charge < -0.3 is 10.1 Å². The number of rotatable bonds is 8. The Balaban J connectivity index is 1.90. The molecular weight excluding hydrogens is 258 g/mol. The first-order chi connectivity index (χ1) is 10.3. The lowest BCUT2D eigenvalue weighted by atomic mass is 9.85. The summed E-state index contributed by atoms with van der Waals surface area (Å²) in [6.45, 7) is 7.34. The van der Waals surface area contributed by atoms with E-state index in [1.54, 1.807) is 0 Å². The number of ether oxygens (including phenoxy) is 1. The Hall–Kier alpha value is -1.12. The van der Waals surface area contributed by atoms with Gasteiger partial charge in [-0.3, -0.25) is 0 Å². The minimum Gasteiger partial charge on any atom is -0.372 e. The van der Waals surface area contributed by atoms with Gasteiger partial charge in [0.15, 0.2) is 0 Å². The van der Waals surface area contributed by atoms with Crippen LogP contribution in [0.1, 0.15) is 44.8 Å². The maximum absolute atomic E-state index is 6.29. The summed E-state index contributed by atoms with van der Waals surface area (Å²) in [4.78, 5) is 0. The van der Waals surface area contributed by atoms with Crippen molar-refractivity contribution in [3.63, 3.8) is 0 Å². The first-order valence-electron chi connectivity index (χ1n) is 8.33. The summed E-state index contributed by atoms with van der Waals surface area (Å²) in [7, 11) is 0. The monoisotopic (exact) mass is 287 g/mol.